The summed E-state index contributed by atoms with van der Waals surface area (Å²) in [5.41, 5.74) is 7.46. The Morgan fingerprint density at radius 3 is 2.30 bits per heavy atom. The van der Waals surface area contributed by atoms with Crippen LogP contribution < -0.4 is 15.2 Å². The lowest BCUT2D eigenvalue weighted by atomic mass is 9.95. The number of halogens is 1. The first-order valence-electron chi connectivity index (χ1n) is 6.99. The van der Waals surface area contributed by atoms with Crippen molar-refractivity contribution in [1.82, 2.24) is 0 Å². The summed E-state index contributed by atoms with van der Waals surface area (Å²) in [6.07, 6.45) is -0.466. The quantitative estimate of drug-likeness (QED) is 0.752. The molecule has 2 aromatic rings. The third-order valence-corrected chi connectivity index (χ3v) is 3.58. The normalized spacial score (nSPS) is 12.9. The van der Waals surface area contributed by atoms with Gasteiger partial charge in [0.25, 0.3) is 0 Å². The van der Waals surface area contributed by atoms with Crippen LogP contribution in [0.3, 0.4) is 0 Å². The molecule has 0 bridgehead atoms. The average molecular weight is 340 g/mol. The van der Waals surface area contributed by atoms with Gasteiger partial charge in [-0.15, -0.1) is 12.4 Å². The fourth-order valence-electron chi connectivity index (χ4n) is 2.38. The Hall–Kier alpha value is -1.95. The molecule has 4 N–H and O–H groups in total. The van der Waals surface area contributed by atoms with Crippen molar-refractivity contribution in [3.8, 4) is 17.2 Å². The van der Waals surface area contributed by atoms with Gasteiger partial charge in [0, 0.05) is 18.6 Å². The highest BCUT2D eigenvalue weighted by molar-refractivity contribution is 5.85. The van der Waals surface area contributed by atoms with Crippen LogP contribution in [-0.2, 0) is 6.42 Å². The van der Waals surface area contributed by atoms with Crippen molar-refractivity contribution in [3.63, 3.8) is 0 Å². The molecule has 23 heavy (non-hydrogen) atoms. The minimum absolute atomic E-state index is 0. The zero-order valence-electron chi connectivity index (χ0n) is 13.1. The summed E-state index contributed by atoms with van der Waals surface area (Å²) in [6.45, 7) is 0. The summed E-state index contributed by atoms with van der Waals surface area (Å²) in [6, 6.07) is 11.9. The molecular formula is C17H22ClNO4. The molecule has 0 amide bonds. The van der Waals surface area contributed by atoms with Gasteiger partial charge in [-0.25, -0.2) is 0 Å². The van der Waals surface area contributed by atoms with E-state index in [2.05, 4.69) is 0 Å². The Balaban J connectivity index is 0.00000264. The number of hydrogen-bond donors (Lipinski definition) is 3. The molecule has 0 aliphatic rings. The van der Waals surface area contributed by atoms with Gasteiger partial charge in [-0.1, -0.05) is 30.3 Å². The number of aliphatic hydroxyl groups is 1. The van der Waals surface area contributed by atoms with E-state index in [4.69, 9.17) is 15.2 Å². The van der Waals surface area contributed by atoms with Gasteiger partial charge in [-0.2, -0.15) is 0 Å². The second kappa shape index (κ2) is 8.62. The molecule has 2 atom stereocenters. The maximum absolute atomic E-state index is 10.4. The zero-order valence-corrected chi connectivity index (χ0v) is 13.9. The maximum Gasteiger partial charge on any atom is 0.131 e. The third kappa shape index (κ3) is 4.51. The van der Waals surface area contributed by atoms with Crippen molar-refractivity contribution < 1.29 is 19.7 Å². The number of rotatable bonds is 6. The van der Waals surface area contributed by atoms with Gasteiger partial charge in [0.15, 0.2) is 0 Å². The molecule has 0 aromatic heterocycles. The number of methoxy groups -OCH3 is 2. The van der Waals surface area contributed by atoms with Gasteiger partial charge in [0.2, 0.25) is 0 Å². The fourth-order valence-corrected chi connectivity index (χ4v) is 2.38. The summed E-state index contributed by atoms with van der Waals surface area (Å²) in [5, 5.41) is 20.5. The minimum Gasteiger partial charge on any atom is -0.507 e. The van der Waals surface area contributed by atoms with Crippen molar-refractivity contribution in [2.24, 2.45) is 5.73 Å². The Kier molecular flexibility index (Phi) is 7.16. The lowest BCUT2D eigenvalue weighted by Gasteiger charge is -2.22. The van der Waals surface area contributed by atoms with Crippen LogP contribution in [0.4, 0.5) is 0 Å². The van der Waals surface area contributed by atoms with Crippen molar-refractivity contribution in [1.29, 1.82) is 0 Å². The number of phenols is 1. The second-order valence-electron chi connectivity index (χ2n) is 5.05. The number of aliphatic hydroxyl groups excluding tert-OH is 1. The van der Waals surface area contributed by atoms with Crippen LogP contribution in [0.15, 0.2) is 42.5 Å². The van der Waals surface area contributed by atoms with Crippen LogP contribution in [0.25, 0.3) is 0 Å². The Labute approximate surface area is 142 Å². The van der Waals surface area contributed by atoms with E-state index < -0.39 is 12.1 Å². The van der Waals surface area contributed by atoms with E-state index >= 15 is 0 Å². The molecule has 0 fully saturated rings. The summed E-state index contributed by atoms with van der Waals surface area (Å²) in [5.74, 6) is 0.787. The van der Waals surface area contributed by atoms with Crippen LogP contribution in [-0.4, -0.2) is 30.5 Å². The lowest BCUT2D eigenvalue weighted by molar-refractivity contribution is 0.142. The summed E-state index contributed by atoms with van der Waals surface area (Å²) < 4.78 is 10.3. The van der Waals surface area contributed by atoms with Gasteiger partial charge >= 0.3 is 0 Å². The molecule has 0 saturated heterocycles. The Morgan fingerprint density at radius 2 is 1.74 bits per heavy atom. The standard InChI is InChI=1S/C17H21NO4.ClH/c1-21-12-9-13(19)16(15(10-12)22-2)17(18)14(20)8-11-6-4-3-5-7-11;/h3-7,9-10,14,17,19-20H,8,18H2,1-2H3;1H/t14-,17-;/m1./s1. The van der Waals surface area contributed by atoms with Crippen LogP contribution in [0.5, 0.6) is 17.2 Å². The molecule has 0 spiro atoms. The SMILES string of the molecule is COc1cc(O)c([C@H](N)[C@H](O)Cc2ccccc2)c(OC)c1.Cl. The maximum atomic E-state index is 10.4. The van der Waals surface area contributed by atoms with Crippen LogP contribution in [0.1, 0.15) is 17.2 Å². The number of benzene rings is 2. The number of phenolic OH excluding ortho intramolecular Hbond substituents is 1. The molecule has 2 aromatic carbocycles. The molecule has 2 rings (SSSR count). The molecule has 6 heteroatoms. The van der Waals surface area contributed by atoms with E-state index in [0.29, 0.717) is 23.5 Å². The molecule has 5 nitrogen and oxygen atoms in total. The average Bonchev–Trinajstić information content (AvgIpc) is 2.54. The molecule has 0 aliphatic heterocycles. The number of ether oxygens (including phenoxy) is 2. The van der Waals surface area contributed by atoms with Gasteiger partial charge < -0.3 is 25.4 Å². The topological polar surface area (TPSA) is 84.9 Å². The Morgan fingerprint density at radius 1 is 1.09 bits per heavy atom. The largest absolute Gasteiger partial charge is 0.507 e. The zero-order chi connectivity index (χ0) is 16.1. The van der Waals surface area contributed by atoms with E-state index in [9.17, 15) is 10.2 Å². The number of aromatic hydroxyl groups is 1. The molecule has 0 heterocycles. The van der Waals surface area contributed by atoms with Crippen molar-refractivity contribution in [2.45, 2.75) is 18.6 Å². The summed E-state index contributed by atoms with van der Waals surface area (Å²) in [7, 11) is 2.98. The van der Waals surface area contributed by atoms with Crippen molar-refractivity contribution in [3.05, 3.63) is 53.6 Å². The molecular weight excluding hydrogens is 318 g/mol. The highest BCUT2D eigenvalue weighted by Gasteiger charge is 2.25. The van der Waals surface area contributed by atoms with Crippen molar-refractivity contribution in [2.75, 3.05) is 14.2 Å². The Bertz CT molecular complexity index is 621. The first kappa shape index (κ1) is 19.1. The second-order valence-corrected chi connectivity index (χ2v) is 5.05. The third-order valence-electron chi connectivity index (χ3n) is 3.58. The highest BCUT2D eigenvalue weighted by atomic mass is 35.5. The van der Waals surface area contributed by atoms with E-state index in [0.717, 1.165) is 5.56 Å². The van der Waals surface area contributed by atoms with Gasteiger partial charge in [-0.05, 0) is 5.56 Å². The minimum atomic E-state index is -0.851. The smallest absolute Gasteiger partial charge is 0.131 e. The molecule has 0 saturated carbocycles. The van der Waals surface area contributed by atoms with Gasteiger partial charge in [-0.3, -0.25) is 0 Å². The van der Waals surface area contributed by atoms with Crippen LogP contribution in [0.2, 0.25) is 0 Å². The molecule has 0 aliphatic carbocycles. The van der Waals surface area contributed by atoms with E-state index in [1.165, 1.54) is 20.3 Å². The molecule has 126 valence electrons. The van der Waals surface area contributed by atoms with Crippen LogP contribution in [0, 0.1) is 0 Å². The fraction of sp³-hybridized carbons (Fsp3) is 0.294. The summed E-state index contributed by atoms with van der Waals surface area (Å²) in [4.78, 5) is 0. The van der Waals surface area contributed by atoms with Gasteiger partial charge in [0.1, 0.15) is 17.2 Å². The first-order chi connectivity index (χ1) is 10.6. The predicted molar refractivity (Wildman–Crippen MR) is 91.5 cm³/mol. The van der Waals surface area contributed by atoms with E-state index in [-0.39, 0.29) is 18.2 Å². The van der Waals surface area contributed by atoms with E-state index in [1.807, 2.05) is 30.3 Å². The number of hydrogen-bond acceptors (Lipinski definition) is 5. The van der Waals surface area contributed by atoms with Gasteiger partial charge in [0.05, 0.1) is 31.9 Å². The lowest BCUT2D eigenvalue weighted by Crippen LogP contribution is -2.28. The summed E-state index contributed by atoms with van der Waals surface area (Å²) >= 11 is 0. The predicted octanol–water partition coefficient (Wildman–Crippen LogP) is 2.43. The number of nitrogens with two attached hydrogens (primary N) is 1. The van der Waals surface area contributed by atoms with Crippen LogP contribution >= 0.6 is 12.4 Å². The molecule has 0 radical (unpaired) electrons. The highest BCUT2D eigenvalue weighted by Crippen LogP contribution is 2.38. The van der Waals surface area contributed by atoms with Crippen molar-refractivity contribution >= 4 is 12.4 Å². The monoisotopic (exact) mass is 339 g/mol. The molecule has 0 unspecified atom stereocenters. The first-order valence-corrected chi connectivity index (χ1v) is 6.99. The van der Waals surface area contributed by atoms with E-state index in [1.54, 1.807) is 6.07 Å².